The van der Waals surface area contributed by atoms with Crippen molar-refractivity contribution in [1.82, 2.24) is 0 Å². The monoisotopic (exact) mass is 307 g/mol. The number of hydrogen-bond acceptors (Lipinski definition) is 3. The van der Waals surface area contributed by atoms with Gasteiger partial charge in [-0.15, -0.1) is 0 Å². The second-order valence-corrected chi connectivity index (χ2v) is 4.26. The highest BCUT2D eigenvalue weighted by Crippen LogP contribution is 2.23. The summed E-state index contributed by atoms with van der Waals surface area (Å²) in [5, 5.41) is 0. The van der Waals surface area contributed by atoms with Crippen LogP contribution in [0.1, 0.15) is 18.5 Å². The summed E-state index contributed by atoms with van der Waals surface area (Å²) >= 11 is 3.07. The molecule has 0 aliphatic rings. The molecule has 17 heavy (non-hydrogen) atoms. The van der Waals surface area contributed by atoms with Crippen LogP contribution in [-0.4, -0.2) is 18.7 Å². The van der Waals surface area contributed by atoms with Gasteiger partial charge in [-0.25, -0.2) is 13.6 Å². The van der Waals surface area contributed by atoms with E-state index in [9.17, 15) is 13.6 Å². The number of ether oxygens (including phenoxy) is 1. The van der Waals surface area contributed by atoms with Crippen molar-refractivity contribution < 1.29 is 18.3 Å². The number of alkyl halides is 1. The molecule has 0 fully saturated rings. The third kappa shape index (κ3) is 3.47. The van der Waals surface area contributed by atoms with Gasteiger partial charge in [0.25, 0.3) is 0 Å². The van der Waals surface area contributed by atoms with Crippen molar-refractivity contribution >= 4 is 21.9 Å². The number of hydrogen-bond donors (Lipinski definition) is 1. The maximum absolute atomic E-state index is 13.6. The van der Waals surface area contributed by atoms with Gasteiger partial charge in [0.1, 0.15) is 5.82 Å². The summed E-state index contributed by atoms with van der Waals surface area (Å²) in [7, 11) is 0. The normalized spacial score (nSPS) is 14.2. The van der Waals surface area contributed by atoms with Gasteiger partial charge in [0.05, 0.1) is 12.6 Å². The van der Waals surface area contributed by atoms with Crippen LogP contribution < -0.4 is 5.73 Å². The largest absolute Gasteiger partial charge is 0.464 e. The van der Waals surface area contributed by atoms with Crippen molar-refractivity contribution in [3.63, 3.8) is 0 Å². The molecule has 1 rings (SSSR count). The van der Waals surface area contributed by atoms with Crippen LogP contribution in [0.25, 0.3) is 0 Å². The smallest absolute Gasteiger partial charge is 0.342 e. The Hall–Kier alpha value is -1.01. The van der Waals surface area contributed by atoms with E-state index >= 15 is 0 Å². The number of nitrogens with two attached hydrogens (primary N) is 1. The van der Waals surface area contributed by atoms with Crippen molar-refractivity contribution in [2.75, 3.05) is 6.61 Å². The molecule has 0 aromatic heterocycles. The molecule has 0 bridgehead atoms. The quantitative estimate of drug-likeness (QED) is 0.870. The average molecular weight is 308 g/mol. The first-order chi connectivity index (χ1) is 7.97. The fraction of sp³-hybridized carbons (Fsp3) is 0.364. The first-order valence-electron chi connectivity index (χ1n) is 4.98. The van der Waals surface area contributed by atoms with Gasteiger partial charge >= 0.3 is 5.97 Å². The predicted molar refractivity (Wildman–Crippen MR) is 62.6 cm³/mol. The Morgan fingerprint density at radius 3 is 2.76 bits per heavy atom. The molecule has 94 valence electrons. The van der Waals surface area contributed by atoms with Gasteiger partial charge in [0, 0.05) is 10.0 Å². The molecule has 0 amide bonds. The highest BCUT2D eigenvalue weighted by molar-refractivity contribution is 9.10. The summed E-state index contributed by atoms with van der Waals surface area (Å²) < 4.78 is 32.0. The number of carbonyl (C=O) groups excluding carboxylic acids is 1. The number of benzene rings is 1. The Morgan fingerprint density at radius 2 is 2.24 bits per heavy atom. The zero-order valence-electron chi connectivity index (χ0n) is 9.12. The molecule has 1 aromatic carbocycles. The Morgan fingerprint density at radius 1 is 1.59 bits per heavy atom. The van der Waals surface area contributed by atoms with Crippen molar-refractivity contribution in [3.05, 3.63) is 34.1 Å². The first kappa shape index (κ1) is 14.1. The van der Waals surface area contributed by atoms with Crippen LogP contribution in [0.5, 0.6) is 0 Å². The lowest BCUT2D eigenvalue weighted by Gasteiger charge is -2.16. The topological polar surface area (TPSA) is 52.3 Å². The molecule has 0 aliphatic carbocycles. The second-order valence-electron chi connectivity index (χ2n) is 3.35. The standard InChI is InChI=1S/C11H12BrF2NO2/c1-2-17-11(16)9(14)10(15)7-4-3-6(12)5-8(7)13/h3-5,9-10H,2,15H2,1H3/t9?,10-/m0/s1. The molecule has 0 saturated carbocycles. The van der Waals surface area contributed by atoms with Gasteiger partial charge in [-0.05, 0) is 19.1 Å². The van der Waals surface area contributed by atoms with E-state index in [1.54, 1.807) is 6.92 Å². The van der Waals surface area contributed by atoms with E-state index in [1.807, 2.05) is 0 Å². The van der Waals surface area contributed by atoms with Crippen LogP contribution in [0.15, 0.2) is 22.7 Å². The van der Waals surface area contributed by atoms with Crippen LogP contribution >= 0.6 is 15.9 Å². The minimum Gasteiger partial charge on any atom is -0.464 e. The summed E-state index contributed by atoms with van der Waals surface area (Å²) in [4.78, 5) is 11.1. The summed E-state index contributed by atoms with van der Waals surface area (Å²) in [6.07, 6.45) is -2.08. The van der Waals surface area contributed by atoms with Crippen LogP contribution in [0, 0.1) is 5.82 Å². The maximum Gasteiger partial charge on any atom is 0.342 e. The molecule has 2 N–H and O–H groups in total. The minimum absolute atomic E-state index is 0.0504. The van der Waals surface area contributed by atoms with E-state index in [1.165, 1.54) is 12.1 Å². The fourth-order valence-corrected chi connectivity index (χ4v) is 1.63. The fourth-order valence-electron chi connectivity index (χ4n) is 1.30. The summed E-state index contributed by atoms with van der Waals surface area (Å²) in [5.41, 5.74) is 5.43. The molecular weight excluding hydrogens is 296 g/mol. The lowest BCUT2D eigenvalue weighted by molar-refractivity contribution is -0.149. The summed E-state index contributed by atoms with van der Waals surface area (Å²) in [6, 6.07) is 2.64. The molecule has 1 unspecified atom stereocenters. The molecule has 2 atom stereocenters. The van der Waals surface area contributed by atoms with Gasteiger partial charge in [0.2, 0.25) is 6.17 Å². The zero-order valence-corrected chi connectivity index (χ0v) is 10.7. The average Bonchev–Trinajstić information content (AvgIpc) is 2.27. The lowest BCUT2D eigenvalue weighted by atomic mass is 10.0. The van der Waals surface area contributed by atoms with E-state index < -0.39 is 24.0 Å². The summed E-state index contributed by atoms with van der Waals surface area (Å²) in [6.45, 7) is 1.60. The Balaban J connectivity index is 2.88. The molecule has 3 nitrogen and oxygen atoms in total. The van der Waals surface area contributed by atoms with Gasteiger partial charge < -0.3 is 10.5 Å². The van der Waals surface area contributed by atoms with E-state index in [0.717, 1.165) is 6.07 Å². The molecule has 0 aliphatic heterocycles. The molecule has 0 saturated heterocycles. The van der Waals surface area contributed by atoms with Gasteiger partial charge in [-0.1, -0.05) is 22.0 Å². The van der Waals surface area contributed by atoms with Crippen LogP contribution in [0.3, 0.4) is 0 Å². The number of halogens is 3. The maximum atomic E-state index is 13.6. The Labute approximate surface area is 106 Å². The van der Waals surface area contributed by atoms with E-state index in [0.29, 0.717) is 4.47 Å². The molecular formula is C11H12BrF2NO2. The third-order valence-electron chi connectivity index (χ3n) is 2.15. The van der Waals surface area contributed by atoms with Crippen LogP contribution in [-0.2, 0) is 9.53 Å². The molecule has 6 heteroatoms. The molecule has 0 spiro atoms. The number of esters is 1. The molecule has 1 aromatic rings. The Bertz CT molecular complexity index is 414. The number of carbonyl (C=O) groups is 1. The van der Waals surface area contributed by atoms with Crippen LogP contribution in [0.2, 0.25) is 0 Å². The minimum atomic E-state index is -2.08. The summed E-state index contributed by atoms with van der Waals surface area (Å²) in [5.74, 6) is -1.75. The third-order valence-corrected chi connectivity index (χ3v) is 2.64. The Kier molecular flexibility index (Phi) is 5.02. The predicted octanol–water partition coefficient (Wildman–Crippen LogP) is 2.49. The van der Waals surface area contributed by atoms with Gasteiger partial charge in [-0.2, -0.15) is 0 Å². The number of rotatable bonds is 4. The highest BCUT2D eigenvalue weighted by Gasteiger charge is 2.29. The van der Waals surface area contributed by atoms with E-state index in [2.05, 4.69) is 20.7 Å². The van der Waals surface area contributed by atoms with Crippen molar-refractivity contribution in [1.29, 1.82) is 0 Å². The first-order valence-corrected chi connectivity index (χ1v) is 5.78. The molecule has 0 radical (unpaired) electrons. The molecule has 0 heterocycles. The van der Waals surface area contributed by atoms with E-state index in [-0.39, 0.29) is 12.2 Å². The van der Waals surface area contributed by atoms with Crippen LogP contribution in [0.4, 0.5) is 8.78 Å². The second kappa shape index (κ2) is 6.07. The highest BCUT2D eigenvalue weighted by atomic mass is 79.9. The van der Waals surface area contributed by atoms with Gasteiger partial charge in [0.15, 0.2) is 0 Å². The van der Waals surface area contributed by atoms with E-state index in [4.69, 9.17) is 5.73 Å². The van der Waals surface area contributed by atoms with Crippen molar-refractivity contribution in [2.24, 2.45) is 5.73 Å². The van der Waals surface area contributed by atoms with Crippen molar-refractivity contribution in [3.8, 4) is 0 Å². The lowest BCUT2D eigenvalue weighted by Crippen LogP contribution is -2.32. The van der Waals surface area contributed by atoms with Gasteiger partial charge in [-0.3, -0.25) is 0 Å². The van der Waals surface area contributed by atoms with Crippen molar-refractivity contribution in [2.45, 2.75) is 19.1 Å². The SMILES string of the molecule is CCOC(=O)C(F)[C@@H](N)c1ccc(Br)cc1F. The zero-order chi connectivity index (χ0) is 13.0.